The molecule has 0 unspecified atom stereocenters. The van der Waals surface area contributed by atoms with Crippen molar-refractivity contribution in [1.29, 1.82) is 0 Å². The van der Waals surface area contributed by atoms with Crippen LogP contribution in [0.25, 0.3) is 0 Å². The molecule has 0 amide bonds. The Bertz CT molecular complexity index is 679. The molecule has 2 heterocycles. The van der Waals surface area contributed by atoms with Crippen LogP contribution in [-0.2, 0) is 12.2 Å². The Morgan fingerprint density at radius 2 is 2.29 bits per heavy atom. The molecule has 5 nitrogen and oxygen atoms in total. The summed E-state index contributed by atoms with van der Waals surface area (Å²) in [5.41, 5.74) is 0.663. The van der Waals surface area contributed by atoms with Gasteiger partial charge in [0.2, 0.25) is 0 Å². The normalized spacial score (nSPS) is 10.7. The summed E-state index contributed by atoms with van der Waals surface area (Å²) in [6, 6.07) is 4.92. The minimum atomic E-state index is -0.913. The monoisotopic (exact) mass is 324 g/mol. The Balaban J connectivity index is 2.03. The number of aromatic amines is 1. The van der Waals surface area contributed by atoms with Crippen LogP contribution in [0.2, 0.25) is 0 Å². The van der Waals surface area contributed by atoms with Crippen molar-refractivity contribution in [3.05, 3.63) is 44.0 Å². The van der Waals surface area contributed by atoms with E-state index in [0.717, 1.165) is 29.8 Å². The molecule has 0 saturated heterocycles. The number of thiophene rings is 1. The molecule has 7 heteroatoms. The first-order chi connectivity index (χ1) is 10.1. The molecule has 0 spiro atoms. The van der Waals surface area contributed by atoms with E-state index in [-0.39, 0.29) is 5.56 Å². The fourth-order valence-electron chi connectivity index (χ4n) is 1.75. The molecule has 0 aliphatic rings. The van der Waals surface area contributed by atoms with Crippen LogP contribution in [-0.4, -0.2) is 21.0 Å². The number of carboxylic acid groups (broad SMARTS) is 1. The highest BCUT2D eigenvalue weighted by Gasteiger charge is 2.08. The second-order valence-electron chi connectivity index (χ2n) is 4.51. The molecule has 0 aromatic carbocycles. The second-order valence-corrected chi connectivity index (χ2v) is 6.64. The minimum absolute atomic E-state index is 0.143. The van der Waals surface area contributed by atoms with Crippen molar-refractivity contribution in [3.8, 4) is 0 Å². The molecular weight excluding hydrogens is 308 g/mol. The molecule has 21 heavy (non-hydrogen) atoms. The minimum Gasteiger partial charge on any atom is -0.477 e. The van der Waals surface area contributed by atoms with Crippen LogP contribution in [0.3, 0.4) is 0 Å². The number of aromatic nitrogens is 2. The van der Waals surface area contributed by atoms with E-state index in [9.17, 15) is 9.59 Å². The highest BCUT2D eigenvalue weighted by molar-refractivity contribution is 7.98. The van der Waals surface area contributed by atoms with Crippen molar-refractivity contribution in [2.45, 2.75) is 37.1 Å². The Hall–Kier alpha value is -1.60. The lowest BCUT2D eigenvalue weighted by atomic mass is 10.2. The molecule has 0 aliphatic carbocycles. The number of unbranched alkanes of at least 4 members (excludes halogenated alkanes) is 1. The Morgan fingerprint density at radius 1 is 1.48 bits per heavy atom. The first-order valence-electron chi connectivity index (χ1n) is 6.63. The van der Waals surface area contributed by atoms with Gasteiger partial charge in [0.25, 0.3) is 5.56 Å². The highest BCUT2D eigenvalue weighted by atomic mass is 32.2. The Kier molecular flexibility index (Phi) is 5.58. The number of nitrogens with zero attached hydrogens (tertiary/aromatic N) is 1. The average molecular weight is 324 g/mol. The van der Waals surface area contributed by atoms with Gasteiger partial charge in [-0.2, -0.15) is 0 Å². The molecule has 0 radical (unpaired) electrons. The van der Waals surface area contributed by atoms with Crippen LogP contribution in [0.4, 0.5) is 0 Å². The van der Waals surface area contributed by atoms with Gasteiger partial charge in [-0.3, -0.25) is 4.79 Å². The van der Waals surface area contributed by atoms with Crippen LogP contribution < -0.4 is 5.56 Å². The number of carboxylic acids is 1. The van der Waals surface area contributed by atoms with E-state index in [2.05, 4.69) is 16.9 Å². The third-order valence-corrected chi connectivity index (χ3v) is 4.96. The largest absolute Gasteiger partial charge is 0.477 e. The topological polar surface area (TPSA) is 83.0 Å². The van der Waals surface area contributed by atoms with E-state index in [4.69, 9.17) is 5.11 Å². The zero-order chi connectivity index (χ0) is 15.2. The maximum atomic E-state index is 11.6. The van der Waals surface area contributed by atoms with Gasteiger partial charge in [-0.15, -0.1) is 11.3 Å². The fraction of sp³-hybridized carbons (Fsp3) is 0.357. The lowest BCUT2D eigenvalue weighted by Crippen LogP contribution is -2.10. The van der Waals surface area contributed by atoms with Crippen molar-refractivity contribution < 1.29 is 9.90 Å². The van der Waals surface area contributed by atoms with E-state index in [0.29, 0.717) is 15.8 Å². The molecular formula is C14H16N2O3S2. The number of rotatable bonds is 7. The molecule has 0 atom stereocenters. The van der Waals surface area contributed by atoms with Crippen molar-refractivity contribution in [1.82, 2.24) is 9.97 Å². The van der Waals surface area contributed by atoms with Crippen LogP contribution >= 0.6 is 23.1 Å². The van der Waals surface area contributed by atoms with E-state index in [1.807, 2.05) is 0 Å². The van der Waals surface area contributed by atoms with Gasteiger partial charge in [0.1, 0.15) is 4.88 Å². The van der Waals surface area contributed by atoms with Gasteiger partial charge in [-0.1, -0.05) is 25.1 Å². The van der Waals surface area contributed by atoms with Crippen molar-refractivity contribution in [2.75, 3.05) is 0 Å². The third kappa shape index (κ3) is 4.71. The number of carbonyl (C=O) groups is 1. The number of hydrogen-bond acceptors (Lipinski definition) is 5. The molecule has 0 fully saturated rings. The number of thioether (sulfide) groups is 1. The molecule has 112 valence electrons. The predicted octanol–water partition coefficient (Wildman–Crippen LogP) is 3.16. The molecule has 0 bridgehead atoms. The number of aromatic carboxylic acids is 1. The zero-order valence-electron chi connectivity index (χ0n) is 11.6. The summed E-state index contributed by atoms with van der Waals surface area (Å²) >= 11 is 2.65. The van der Waals surface area contributed by atoms with Gasteiger partial charge >= 0.3 is 5.97 Å². The predicted molar refractivity (Wildman–Crippen MR) is 84.3 cm³/mol. The summed E-state index contributed by atoms with van der Waals surface area (Å²) in [6.07, 6.45) is 2.87. The van der Waals surface area contributed by atoms with Gasteiger partial charge in [-0.25, -0.2) is 9.78 Å². The van der Waals surface area contributed by atoms with E-state index >= 15 is 0 Å². The van der Waals surface area contributed by atoms with Gasteiger partial charge in [0.05, 0.1) is 0 Å². The van der Waals surface area contributed by atoms with Crippen LogP contribution in [0, 0.1) is 0 Å². The molecule has 2 N–H and O–H groups in total. The van der Waals surface area contributed by atoms with E-state index in [1.54, 1.807) is 12.1 Å². The maximum absolute atomic E-state index is 11.6. The number of H-pyrrole nitrogens is 1. The zero-order valence-corrected chi connectivity index (χ0v) is 13.2. The number of hydrogen-bond donors (Lipinski definition) is 2. The van der Waals surface area contributed by atoms with Crippen molar-refractivity contribution >= 4 is 29.1 Å². The van der Waals surface area contributed by atoms with Crippen LogP contribution in [0.15, 0.2) is 28.2 Å². The summed E-state index contributed by atoms with van der Waals surface area (Å²) in [5, 5.41) is 9.46. The summed E-state index contributed by atoms with van der Waals surface area (Å²) in [4.78, 5) is 30.8. The summed E-state index contributed by atoms with van der Waals surface area (Å²) in [7, 11) is 0. The van der Waals surface area contributed by atoms with Crippen molar-refractivity contribution in [2.24, 2.45) is 0 Å². The maximum Gasteiger partial charge on any atom is 0.345 e. The number of nitrogens with one attached hydrogen (secondary N) is 1. The summed E-state index contributed by atoms with van der Waals surface area (Å²) < 4.78 is 0. The van der Waals surface area contributed by atoms with Gasteiger partial charge < -0.3 is 10.1 Å². The Morgan fingerprint density at radius 3 is 2.95 bits per heavy atom. The van der Waals surface area contributed by atoms with Crippen molar-refractivity contribution in [3.63, 3.8) is 0 Å². The van der Waals surface area contributed by atoms with Gasteiger partial charge in [0, 0.05) is 22.4 Å². The quantitative estimate of drug-likeness (QED) is 0.604. The van der Waals surface area contributed by atoms with Crippen LogP contribution in [0.5, 0.6) is 0 Å². The van der Waals surface area contributed by atoms with E-state index in [1.165, 1.54) is 29.2 Å². The molecule has 2 aromatic rings. The lowest BCUT2D eigenvalue weighted by Gasteiger charge is -2.02. The summed E-state index contributed by atoms with van der Waals surface area (Å²) in [5.74, 6) is -0.317. The molecule has 2 rings (SSSR count). The summed E-state index contributed by atoms with van der Waals surface area (Å²) in [6.45, 7) is 2.10. The molecule has 0 saturated carbocycles. The van der Waals surface area contributed by atoms with Crippen LogP contribution in [0.1, 0.15) is 40.0 Å². The lowest BCUT2D eigenvalue weighted by molar-refractivity contribution is 0.0702. The SMILES string of the molecule is CCCCc1cc(=O)[nH]c(SCc2ccc(C(=O)O)s2)n1. The highest BCUT2D eigenvalue weighted by Crippen LogP contribution is 2.24. The fourth-order valence-corrected chi connectivity index (χ4v) is 3.53. The third-order valence-electron chi connectivity index (χ3n) is 2.78. The average Bonchev–Trinajstić information content (AvgIpc) is 2.91. The first kappa shape index (κ1) is 15.8. The standard InChI is InChI=1S/C14H16N2O3S2/c1-2-3-4-9-7-12(17)16-14(15-9)20-8-10-5-6-11(21-10)13(18)19/h5-7H,2-4,8H2,1H3,(H,18,19)(H,15,16,17). The van der Waals surface area contributed by atoms with Gasteiger partial charge in [-0.05, 0) is 25.0 Å². The smallest absolute Gasteiger partial charge is 0.345 e. The van der Waals surface area contributed by atoms with Gasteiger partial charge in [0.15, 0.2) is 5.16 Å². The van der Waals surface area contributed by atoms with E-state index < -0.39 is 5.97 Å². The molecule has 2 aromatic heterocycles. The first-order valence-corrected chi connectivity index (χ1v) is 8.43. The number of aryl methyl sites for hydroxylation is 1. The Labute approximate surface area is 130 Å². The second kappa shape index (κ2) is 7.42. The molecule has 0 aliphatic heterocycles.